The van der Waals surface area contributed by atoms with Crippen LogP contribution in [0.15, 0.2) is 57.2 Å². The lowest BCUT2D eigenvalue weighted by Crippen LogP contribution is -2.54. The highest BCUT2D eigenvalue weighted by atomic mass is 32.2. The average Bonchev–Trinajstić information content (AvgIpc) is 2.86. The number of nitrogens with one attached hydrogen (secondary N) is 1. The van der Waals surface area contributed by atoms with E-state index >= 15 is 0 Å². The largest absolute Gasteiger partial charge is 0.461 e. The number of rotatable bonds is 11. The van der Waals surface area contributed by atoms with Gasteiger partial charge in [-0.05, 0) is 36.0 Å². The summed E-state index contributed by atoms with van der Waals surface area (Å²) in [5, 5.41) is 0.612. The monoisotopic (exact) mass is 736 g/mol. The van der Waals surface area contributed by atoms with Gasteiger partial charge in [0.2, 0.25) is 5.91 Å². The van der Waals surface area contributed by atoms with Gasteiger partial charge in [-0.2, -0.15) is 61.5 Å². The van der Waals surface area contributed by atoms with Crippen LogP contribution in [-0.2, 0) is 25.4 Å². The zero-order valence-corrected chi connectivity index (χ0v) is 23.1. The van der Waals surface area contributed by atoms with E-state index in [0.29, 0.717) is 12.1 Å². The summed E-state index contributed by atoms with van der Waals surface area (Å²) < 4.78 is 220. The maximum Gasteiger partial charge on any atom is 0.461 e. The third-order valence-corrected chi connectivity index (χ3v) is 9.22. The number of anilines is 1. The van der Waals surface area contributed by atoms with Gasteiger partial charge in [-0.25, -0.2) is 12.6 Å². The van der Waals surface area contributed by atoms with Crippen molar-refractivity contribution in [3.05, 3.63) is 52.6 Å². The van der Waals surface area contributed by atoms with Crippen LogP contribution in [-0.4, -0.2) is 63.9 Å². The summed E-state index contributed by atoms with van der Waals surface area (Å²) in [5.41, 5.74) is -2.82. The molecular weight excluding hydrogens is 726 g/mol. The lowest BCUT2D eigenvalue weighted by atomic mass is 10.3. The number of nitrogens with zero attached hydrogens (tertiary/aromatic N) is 1. The molecule has 0 bridgehead atoms. The molecule has 0 saturated carbocycles. The molecule has 1 amide bonds. The van der Waals surface area contributed by atoms with E-state index in [-0.39, 0.29) is 18.2 Å². The molecule has 1 N–H and O–H groups in total. The van der Waals surface area contributed by atoms with Gasteiger partial charge in [-0.3, -0.25) is 14.9 Å². The molecule has 2 rings (SSSR count). The molecule has 0 heterocycles. The van der Waals surface area contributed by atoms with E-state index in [2.05, 4.69) is 0 Å². The normalized spacial score (nSPS) is 14.6. The van der Waals surface area contributed by atoms with Crippen molar-refractivity contribution >= 4 is 49.7 Å². The van der Waals surface area contributed by atoms with Gasteiger partial charge in [0.15, 0.2) is 9.84 Å². The fourth-order valence-corrected chi connectivity index (χ4v) is 6.16. The zero-order chi connectivity index (χ0) is 35.2. The summed E-state index contributed by atoms with van der Waals surface area (Å²) in [6.07, 6.45) is -13.7. The Balaban J connectivity index is 2.42. The van der Waals surface area contributed by atoms with Gasteiger partial charge in [0.25, 0.3) is 5.69 Å². The van der Waals surface area contributed by atoms with Crippen LogP contribution in [0.4, 0.5) is 72.8 Å². The van der Waals surface area contributed by atoms with Crippen LogP contribution in [0.5, 0.6) is 0 Å². The molecule has 0 spiro atoms. The van der Waals surface area contributed by atoms with Gasteiger partial charge < -0.3 is 5.32 Å². The molecule has 2 aromatic carbocycles. The van der Waals surface area contributed by atoms with Crippen LogP contribution in [0.3, 0.4) is 0 Å². The number of para-hydroxylation sites is 1. The topological polar surface area (TPSA) is 123 Å². The van der Waals surface area contributed by atoms with E-state index in [1.165, 1.54) is 0 Å². The van der Waals surface area contributed by atoms with E-state index in [1.54, 1.807) is 5.32 Å². The van der Waals surface area contributed by atoms with Crippen molar-refractivity contribution < 1.29 is 83.8 Å². The summed E-state index contributed by atoms with van der Waals surface area (Å²) in [6.45, 7) is 0. The fourth-order valence-electron chi connectivity index (χ4n) is 2.91. The number of sulfone groups is 1. The first-order valence-corrected chi connectivity index (χ1v) is 14.3. The first-order valence-electron chi connectivity index (χ1n) is 10.7. The predicted molar refractivity (Wildman–Crippen MR) is 124 cm³/mol. The van der Waals surface area contributed by atoms with Crippen LogP contribution >= 0.6 is 11.8 Å². The minimum absolute atomic E-state index is 0.0562. The summed E-state index contributed by atoms with van der Waals surface area (Å²) in [5.74, 6) is -17.3. The Hall–Kier alpha value is -3.22. The van der Waals surface area contributed by atoms with Crippen molar-refractivity contribution in [1.82, 2.24) is 0 Å². The standard InChI is InChI=1S/C20H10F14N2O6S3/c21-15(22,17(25,26)27)19(31,32)43-12-4-2-1-3-10(12)35-14(37)8-45(41,42)13-6-5-9(7-11(13)36(38)39)44(40)20(33,34)16(23,24)18(28,29)30/h1-7H,8H2,(H,35,37). The summed E-state index contributed by atoms with van der Waals surface area (Å²) in [4.78, 5) is 17.5. The van der Waals surface area contributed by atoms with Crippen molar-refractivity contribution in [2.45, 2.75) is 49.4 Å². The number of benzene rings is 2. The lowest BCUT2D eigenvalue weighted by molar-refractivity contribution is -0.388. The van der Waals surface area contributed by atoms with Crippen LogP contribution in [0.1, 0.15) is 0 Å². The molecular formula is C20H10F14N2O6S3. The predicted octanol–water partition coefficient (Wildman–Crippen LogP) is 6.79. The minimum atomic E-state index is -6.96. The molecule has 0 aromatic heterocycles. The average molecular weight is 736 g/mol. The van der Waals surface area contributed by atoms with Crippen molar-refractivity contribution in [1.29, 1.82) is 0 Å². The molecule has 0 saturated heterocycles. The second-order valence-electron chi connectivity index (χ2n) is 8.24. The van der Waals surface area contributed by atoms with Gasteiger partial charge in [-0.1, -0.05) is 12.1 Å². The smallest absolute Gasteiger partial charge is 0.324 e. The molecule has 0 radical (unpaired) electrons. The first-order chi connectivity index (χ1) is 20.0. The number of alkyl halides is 14. The Kier molecular flexibility index (Phi) is 10.3. The molecule has 1 atom stereocenters. The van der Waals surface area contributed by atoms with E-state index < -0.39 is 110 Å². The van der Waals surface area contributed by atoms with Crippen LogP contribution in [0.2, 0.25) is 0 Å². The van der Waals surface area contributed by atoms with Gasteiger partial charge in [0, 0.05) is 11.0 Å². The number of hydrogen-bond donors (Lipinski definition) is 1. The molecule has 0 aliphatic heterocycles. The molecule has 0 fully saturated rings. The zero-order valence-electron chi connectivity index (χ0n) is 20.7. The molecule has 0 aliphatic rings. The van der Waals surface area contributed by atoms with E-state index in [1.807, 2.05) is 0 Å². The van der Waals surface area contributed by atoms with Gasteiger partial charge in [0.1, 0.15) is 21.4 Å². The summed E-state index contributed by atoms with van der Waals surface area (Å²) >= 11 is -1.39. The number of amides is 1. The van der Waals surface area contributed by atoms with E-state index in [4.69, 9.17) is 0 Å². The SMILES string of the molecule is O=C(CS(=O)(=O)c1ccc(S(=O)C(F)(F)C(F)(F)C(F)(F)F)cc1[N+](=O)[O-])Nc1ccccc1SC(F)(F)C(F)(F)C(F)(F)F. The van der Waals surface area contributed by atoms with Gasteiger partial charge in [0.05, 0.1) is 15.5 Å². The Labute approximate surface area is 246 Å². The molecule has 2 aromatic rings. The molecule has 8 nitrogen and oxygen atoms in total. The third kappa shape index (κ3) is 7.44. The van der Waals surface area contributed by atoms with Crippen molar-refractivity contribution in [3.63, 3.8) is 0 Å². The summed E-state index contributed by atoms with van der Waals surface area (Å²) in [7, 11) is -10.1. The highest BCUT2D eigenvalue weighted by Gasteiger charge is 2.76. The maximum atomic E-state index is 13.9. The number of halogens is 14. The molecule has 45 heavy (non-hydrogen) atoms. The quantitative estimate of drug-likeness (QED) is 0.117. The van der Waals surface area contributed by atoms with E-state index in [0.717, 1.165) is 12.1 Å². The Morgan fingerprint density at radius 3 is 1.84 bits per heavy atom. The molecule has 0 aliphatic carbocycles. The van der Waals surface area contributed by atoms with Crippen molar-refractivity contribution in [2.24, 2.45) is 0 Å². The number of nitro benzene ring substituents is 1. The number of hydrogen-bond acceptors (Lipinski definition) is 7. The Morgan fingerprint density at radius 1 is 0.844 bits per heavy atom. The molecule has 252 valence electrons. The highest BCUT2D eigenvalue weighted by molar-refractivity contribution is 8.00. The van der Waals surface area contributed by atoms with Crippen LogP contribution in [0, 0.1) is 10.1 Å². The second-order valence-corrected chi connectivity index (χ2v) is 12.9. The van der Waals surface area contributed by atoms with Crippen molar-refractivity contribution in [2.75, 3.05) is 11.1 Å². The lowest BCUT2D eigenvalue weighted by Gasteiger charge is -2.28. The minimum Gasteiger partial charge on any atom is -0.324 e. The third-order valence-electron chi connectivity index (χ3n) is 5.07. The number of thioether (sulfide) groups is 1. The molecule has 1 unspecified atom stereocenters. The van der Waals surface area contributed by atoms with Crippen molar-refractivity contribution in [3.8, 4) is 0 Å². The van der Waals surface area contributed by atoms with Crippen LogP contribution < -0.4 is 5.32 Å². The highest BCUT2D eigenvalue weighted by Crippen LogP contribution is 2.55. The number of carbonyl (C=O) groups is 1. The number of carbonyl (C=O) groups excluding carboxylic acids is 1. The van der Waals surface area contributed by atoms with Crippen LogP contribution in [0.25, 0.3) is 0 Å². The first kappa shape index (κ1) is 38.0. The summed E-state index contributed by atoms with van der Waals surface area (Å²) in [6, 6.07) is 2.39. The second kappa shape index (κ2) is 12.2. The molecule has 25 heteroatoms. The fraction of sp³-hybridized carbons (Fsp3) is 0.350. The Morgan fingerprint density at radius 2 is 1.36 bits per heavy atom. The van der Waals surface area contributed by atoms with Gasteiger partial charge in [-0.15, -0.1) is 0 Å². The maximum absolute atomic E-state index is 13.9. The van der Waals surface area contributed by atoms with Gasteiger partial charge >= 0.3 is 34.7 Å². The van der Waals surface area contributed by atoms with E-state index in [9.17, 15) is 89.0 Å². The number of nitro groups is 1. The Bertz CT molecular complexity index is 1610.